The van der Waals surface area contributed by atoms with E-state index in [0.717, 1.165) is 23.1 Å². The maximum Gasteiger partial charge on any atom is 0.335 e. The van der Waals surface area contributed by atoms with E-state index in [4.69, 9.17) is 5.11 Å². The van der Waals surface area contributed by atoms with E-state index in [-0.39, 0.29) is 11.1 Å². The monoisotopic (exact) mass is 349 g/mol. The van der Waals surface area contributed by atoms with E-state index in [2.05, 4.69) is 10.3 Å². The van der Waals surface area contributed by atoms with Crippen molar-refractivity contribution in [3.8, 4) is 0 Å². The van der Waals surface area contributed by atoms with Crippen molar-refractivity contribution in [2.45, 2.75) is 26.3 Å². The number of benzene rings is 1. The molecule has 0 unspecified atom stereocenters. The van der Waals surface area contributed by atoms with Crippen molar-refractivity contribution < 1.29 is 19.6 Å². The molecule has 1 amide bonds. The maximum absolute atomic E-state index is 12.4. The maximum atomic E-state index is 12.4. The second-order valence-corrected chi connectivity index (χ2v) is 6.92. The first kappa shape index (κ1) is 17.5. The molecule has 0 aliphatic carbocycles. The van der Waals surface area contributed by atoms with Crippen LogP contribution in [0.3, 0.4) is 0 Å². The fourth-order valence-corrected chi connectivity index (χ4v) is 2.85. The van der Waals surface area contributed by atoms with E-state index >= 15 is 0 Å². The lowest BCUT2D eigenvalue weighted by Gasteiger charge is -2.23. The fraction of sp³-hybridized carbons (Fsp3) is 0.267. The molecule has 8 nitrogen and oxygen atoms in total. The van der Waals surface area contributed by atoms with E-state index in [1.54, 1.807) is 20.0 Å². The Kier molecular flexibility index (Phi) is 4.65. The molecular weight excluding hydrogens is 334 g/mol. The number of aromatic carboxylic acids is 1. The number of rotatable bonds is 5. The molecule has 0 radical (unpaired) electrons. The standard InChI is InChI=1S/C15H15N3O5S/c1-8-7-16-14(24-8)15(2,3)17-12(19)9-4-10(13(20)21)6-11(5-9)18(22)23/h4-7H,1-3H3,(H,17,19)(H,20,21). The molecule has 0 aliphatic heterocycles. The highest BCUT2D eigenvalue weighted by molar-refractivity contribution is 7.11. The molecule has 24 heavy (non-hydrogen) atoms. The number of aryl methyl sites for hydroxylation is 1. The molecule has 0 spiro atoms. The highest BCUT2D eigenvalue weighted by atomic mass is 32.1. The van der Waals surface area contributed by atoms with Gasteiger partial charge in [-0.2, -0.15) is 0 Å². The predicted molar refractivity (Wildman–Crippen MR) is 87.4 cm³/mol. The summed E-state index contributed by atoms with van der Waals surface area (Å²) < 4.78 is 0. The van der Waals surface area contributed by atoms with Gasteiger partial charge < -0.3 is 10.4 Å². The molecule has 2 aromatic rings. The van der Waals surface area contributed by atoms with Crippen LogP contribution in [0.5, 0.6) is 0 Å². The van der Waals surface area contributed by atoms with Gasteiger partial charge >= 0.3 is 5.97 Å². The molecule has 0 atom stereocenters. The number of amides is 1. The summed E-state index contributed by atoms with van der Waals surface area (Å²) in [6.45, 7) is 5.38. The van der Waals surface area contributed by atoms with Crippen molar-refractivity contribution in [1.82, 2.24) is 10.3 Å². The molecule has 0 saturated heterocycles. The third kappa shape index (κ3) is 3.74. The highest BCUT2D eigenvalue weighted by Crippen LogP contribution is 2.26. The smallest absolute Gasteiger partial charge is 0.335 e. The predicted octanol–water partition coefficient (Wildman–Crippen LogP) is 2.72. The summed E-state index contributed by atoms with van der Waals surface area (Å²) in [6.07, 6.45) is 1.68. The van der Waals surface area contributed by atoms with Crippen molar-refractivity contribution in [2.75, 3.05) is 0 Å². The van der Waals surface area contributed by atoms with E-state index in [9.17, 15) is 19.7 Å². The Morgan fingerprint density at radius 2 is 1.92 bits per heavy atom. The van der Waals surface area contributed by atoms with Crippen LogP contribution in [-0.2, 0) is 5.54 Å². The highest BCUT2D eigenvalue weighted by Gasteiger charge is 2.27. The van der Waals surface area contributed by atoms with Gasteiger partial charge in [-0.1, -0.05) is 0 Å². The summed E-state index contributed by atoms with van der Waals surface area (Å²) in [7, 11) is 0. The van der Waals surface area contributed by atoms with Crippen molar-refractivity contribution in [1.29, 1.82) is 0 Å². The molecule has 126 valence electrons. The van der Waals surface area contributed by atoms with Crippen molar-refractivity contribution in [3.63, 3.8) is 0 Å². The number of carbonyl (C=O) groups excluding carboxylic acids is 1. The lowest BCUT2D eigenvalue weighted by Crippen LogP contribution is -2.41. The SMILES string of the molecule is Cc1cnc(C(C)(C)NC(=O)c2cc(C(=O)O)cc([N+](=O)[O-])c2)s1. The lowest BCUT2D eigenvalue weighted by molar-refractivity contribution is -0.384. The quantitative estimate of drug-likeness (QED) is 0.632. The van der Waals surface area contributed by atoms with Gasteiger partial charge in [-0.3, -0.25) is 14.9 Å². The van der Waals surface area contributed by atoms with Crippen LogP contribution in [0.15, 0.2) is 24.4 Å². The zero-order chi connectivity index (χ0) is 18.1. The van der Waals surface area contributed by atoms with Crippen LogP contribution < -0.4 is 5.32 Å². The normalized spacial score (nSPS) is 11.1. The van der Waals surface area contributed by atoms with Crippen LogP contribution >= 0.6 is 11.3 Å². The zero-order valence-electron chi connectivity index (χ0n) is 13.2. The topological polar surface area (TPSA) is 122 Å². The Balaban J connectivity index is 2.35. The Hall–Kier alpha value is -2.81. The van der Waals surface area contributed by atoms with Crippen molar-refractivity contribution >= 4 is 28.9 Å². The third-order valence-corrected chi connectivity index (χ3v) is 4.46. The second kappa shape index (κ2) is 6.36. The molecule has 2 rings (SSSR count). The van der Waals surface area contributed by atoms with Gasteiger partial charge in [-0.05, 0) is 26.8 Å². The van der Waals surface area contributed by atoms with Crippen molar-refractivity contribution in [3.05, 3.63) is 55.5 Å². The molecule has 0 fully saturated rings. The number of thiazole rings is 1. The largest absolute Gasteiger partial charge is 0.478 e. The Morgan fingerprint density at radius 1 is 1.29 bits per heavy atom. The summed E-state index contributed by atoms with van der Waals surface area (Å²) in [4.78, 5) is 38.9. The van der Waals surface area contributed by atoms with Gasteiger partial charge in [0.15, 0.2) is 0 Å². The van der Waals surface area contributed by atoms with E-state index in [0.29, 0.717) is 5.01 Å². The second-order valence-electron chi connectivity index (χ2n) is 5.69. The summed E-state index contributed by atoms with van der Waals surface area (Å²) in [5, 5.41) is 23.4. The van der Waals surface area contributed by atoms with Gasteiger partial charge in [-0.15, -0.1) is 11.3 Å². The molecule has 0 saturated carbocycles. The van der Waals surface area contributed by atoms with Crippen LogP contribution in [0.25, 0.3) is 0 Å². The average molecular weight is 349 g/mol. The van der Waals surface area contributed by atoms with Crippen LogP contribution in [0, 0.1) is 17.0 Å². The van der Waals surface area contributed by atoms with Crippen LogP contribution in [0.1, 0.15) is 44.4 Å². The number of hydrogen-bond donors (Lipinski definition) is 2. The molecule has 1 heterocycles. The lowest BCUT2D eigenvalue weighted by atomic mass is 10.0. The number of nitro benzene ring substituents is 1. The van der Waals surface area contributed by atoms with Gasteiger partial charge in [0.25, 0.3) is 11.6 Å². The minimum atomic E-state index is -1.34. The molecule has 0 aliphatic rings. The van der Waals surface area contributed by atoms with Gasteiger partial charge in [0.05, 0.1) is 16.0 Å². The number of nitrogens with one attached hydrogen (secondary N) is 1. The number of carboxylic acid groups (broad SMARTS) is 1. The van der Waals surface area contributed by atoms with Crippen LogP contribution in [-0.4, -0.2) is 26.9 Å². The van der Waals surface area contributed by atoms with Crippen LogP contribution in [0.2, 0.25) is 0 Å². The first-order chi connectivity index (χ1) is 11.1. The fourth-order valence-electron chi connectivity index (χ4n) is 2.02. The van der Waals surface area contributed by atoms with Gasteiger partial charge in [0, 0.05) is 28.8 Å². The Morgan fingerprint density at radius 3 is 2.42 bits per heavy atom. The molecule has 9 heteroatoms. The average Bonchev–Trinajstić information content (AvgIpc) is 2.93. The van der Waals surface area contributed by atoms with Crippen LogP contribution in [0.4, 0.5) is 5.69 Å². The number of nitro groups is 1. The minimum absolute atomic E-state index is 0.0945. The first-order valence-corrected chi connectivity index (χ1v) is 7.70. The number of nitrogens with zero attached hydrogens (tertiary/aromatic N) is 2. The van der Waals surface area contributed by atoms with Crippen molar-refractivity contribution in [2.24, 2.45) is 0 Å². The minimum Gasteiger partial charge on any atom is -0.478 e. The molecule has 1 aromatic carbocycles. The third-order valence-electron chi connectivity index (χ3n) is 3.22. The number of hydrogen-bond acceptors (Lipinski definition) is 6. The molecular formula is C15H15N3O5S. The number of carboxylic acids is 1. The Bertz CT molecular complexity index is 796. The number of carbonyl (C=O) groups is 2. The number of non-ortho nitro benzene ring substituents is 1. The Labute approximate surface area is 141 Å². The summed E-state index contributed by atoms with van der Waals surface area (Å²) in [5.41, 5.74) is -1.67. The van der Waals surface area contributed by atoms with Gasteiger partial charge in [-0.25, -0.2) is 9.78 Å². The van der Waals surface area contributed by atoms with E-state index in [1.165, 1.54) is 11.3 Å². The summed E-state index contributed by atoms with van der Waals surface area (Å²) in [6, 6.07) is 3.06. The van der Waals surface area contributed by atoms with E-state index in [1.807, 2.05) is 6.92 Å². The molecule has 2 N–H and O–H groups in total. The summed E-state index contributed by atoms with van der Waals surface area (Å²) >= 11 is 1.42. The molecule has 1 aromatic heterocycles. The summed E-state index contributed by atoms with van der Waals surface area (Å²) in [5.74, 6) is -1.96. The molecule has 0 bridgehead atoms. The number of aromatic nitrogens is 1. The van der Waals surface area contributed by atoms with Gasteiger partial charge in [0.2, 0.25) is 0 Å². The van der Waals surface area contributed by atoms with E-state index < -0.39 is 28.0 Å². The zero-order valence-corrected chi connectivity index (χ0v) is 14.0. The van der Waals surface area contributed by atoms with Gasteiger partial charge in [0.1, 0.15) is 5.01 Å². The first-order valence-electron chi connectivity index (χ1n) is 6.88.